The van der Waals surface area contributed by atoms with Crippen LogP contribution in [0.5, 0.6) is 0 Å². The number of rotatable bonds is 3. The Hall–Kier alpha value is -1.57. The van der Waals surface area contributed by atoms with Crippen LogP contribution < -0.4 is 0 Å². The van der Waals surface area contributed by atoms with E-state index < -0.39 is 0 Å². The summed E-state index contributed by atoms with van der Waals surface area (Å²) in [5.74, 6) is 1.58. The SMILES string of the molecule is COC1=CCC(C(=O)C2=CCC(C)C=C2)C=C1. The number of hydrogen-bond donors (Lipinski definition) is 0. The van der Waals surface area contributed by atoms with Crippen molar-refractivity contribution >= 4 is 5.78 Å². The summed E-state index contributed by atoms with van der Waals surface area (Å²) in [5.41, 5.74) is 0.854. The Bertz CT molecular complexity index is 424. The van der Waals surface area contributed by atoms with Gasteiger partial charge in [-0.25, -0.2) is 0 Å². The third-order valence-corrected chi connectivity index (χ3v) is 3.24. The highest BCUT2D eigenvalue weighted by Crippen LogP contribution is 2.24. The van der Waals surface area contributed by atoms with Crippen LogP contribution in [0.4, 0.5) is 0 Å². The van der Waals surface area contributed by atoms with E-state index in [9.17, 15) is 4.79 Å². The Kier molecular flexibility index (Phi) is 3.62. The van der Waals surface area contributed by atoms with Crippen molar-refractivity contribution in [2.45, 2.75) is 19.8 Å². The highest BCUT2D eigenvalue weighted by Gasteiger charge is 2.21. The first-order valence-corrected chi connectivity index (χ1v) is 6.05. The molecule has 0 aliphatic heterocycles. The molecule has 0 spiro atoms. The standard InChI is InChI=1S/C15H18O2/c1-11-3-5-12(6-4-11)15(16)13-7-9-14(17-2)10-8-13/h3,5-7,9-11,13H,4,8H2,1-2H3. The van der Waals surface area contributed by atoms with Gasteiger partial charge in [0.05, 0.1) is 7.11 Å². The predicted octanol–water partition coefficient (Wildman–Crippen LogP) is 3.18. The number of ketones is 1. The molecule has 2 rings (SSSR count). The van der Waals surface area contributed by atoms with Gasteiger partial charge in [-0.2, -0.15) is 0 Å². The molecule has 2 aliphatic rings. The van der Waals surface area contributed by atoms with Crippen LogP contribution in [0, 0.1) is 11.8 Å². The summed E-state index contributed by atoms with van der Waals surface area (Å²) in [7, 11) is 1.64. The van der Waals surface area contributed by atoms with Crippen LogP contribution >= 0.6 is 0 Å². The minimum absolute atomic E-state index is 0.0294. The van der Waals surface area contributed by atoms with Crippen molar-refractivity contribution in [1.82, 2.24) is 0 Å². The minimum atomic E-state index is -0.0294. The molecule has 0 aromatic heterocycles. The van der Waals surface area contributed by atoms with E-state index in [2.05, 4.69) is 19.1 Å². The summed E-state index contributed by atoms with van der Waals surface area (Å²) in [6.45, 7) is 2.16. The van der Waals surface area contributed by atoms with Crippen LogP contribution in [-0.2, 0) is 9.53 Å². The molecule has 0 saturated heterocycles. The van der Waals surface area contributed by atoms with E-state index in [-0.39, 0.29) is 11.7 Å². The molecule has 0 bridgehead atoms. The van der Waals surface area contributed by atoms with Crippen molar-refractivity contribution in [2.75, 3.05) is 7.11 Å². The maximum absolute atomic E-state index is 12.2. The molecule has 2 unspecified atom stereocenters. The Morgan fingerprint density at radius 2 is 2.06 bits per heavy atom. The fourth-order valence-corrected chi connectivity index (χ4v) is 2.07. The minimum Gasteiger partial charge on any atom is -0.497 e. The maximum Gasteiger partial charge on any atom is 0.169 e. The average molecular weight is 230 g/mol. The summed E-state index contributed by atoms with van der Waals surface area (Å²) in [4.78, 5) is 12.2. The lowest BCUT2D eigenvalue weighted by Gasteiger charge is -2.17. The third-order valence-electron chi connectivity index (χ3n) is 3.24. The Morgan fingerprint density at radius 1 is 1.24 bits per heavy atom. The normalized spacial score (nSPS) is 27.4. The molecule has 2 heteroatoms. The smallest absolute Gasteiger partial charge is 0.169 e. The molecule has 0 N–H and O–H groups in total. The molecule has 2 aliphatic carbocycles. The van der Waals surface area contributed by atoms with Crippen molar-refractivity contribution in [3.05, 3.63) is 47.8 Å². The monoisotopic (exact) mass is 230 g/mol. The van der Waals surface area contributed by atoms with E-state index in [1.807, 2.05) is 24.3 Å². The lowest BCUT2D eigenvalue weighted by Crippen LogP contribution is -2.16. The van der Waals surface area contributed by atoms with Gasteiger partial charge in [0.2, 0.25) is 0 Å². The summed E-state index contributed by atoms with van der Waals surface area (Å²) < 4.78 is 5.11. The van der Waals surface area contributed by atoms with Gasteiger partial charge in [0.15, 0.2) is 5.78 Å². The molecular formula is C15H18O2. The molecule has 2 nitrogen and oxygen atoms in total. The van der Waals surface area contributed by atoms with Gasteiger partial charge in [-0.1, -0.05) is 31.2 Å². The van der Waals surface area contributed by atoms with Crippen LogP contribution in [0.3, 0.4) is 0 Å². The number of methoxy groups -OCH3 is 1. The summed E-state index contributed by atoms with van der Waals surface area (Å²) >= 11 is 0. The summed E-state index contributed by atoms with van der Waals surface area (Å²) in [6.07, 6.45) is 13.6. The lowest BCUT2D eigenvalue weighted by atomic mass is 9.87. The van der Waals surface area contributed by atoms with Crippen LogP contribution in [0.1, 0.15) is 19.8 Å². The van der Waals surface area contributed by atoms with E-state index in [0.29, 0.717) is 5.92 Å². The Balaban J connectivity index is 2.01. The predicted molar refractivity (Wildman–Crippen MR) is 68.4 cm³/mol. The Morgan fingerprint density at radius 3 is 2.59 bits per heavy atom. The van der Waals surface area contributed by atoms with Gasteiger partial charge >= 0.3 is 0 Å². The highest BCUT2D eigenvalue weighted by molar-refractivity contribution is 6.01. The second-order valence-electron chi connectivity index (χ2n) is 4.61. The van der Waals surface area contributed by atoms with Crippen LogP contribution in [0.25, 0.3) is 0 Å². The largest absolute Gasteiger partial charge is 0.497 e. The maximum atomic E-state index is 12.2. The van der Waals surface area contributed by atoms with Crippen molar-refractivity contribution in [3.8, 4) is 0 Å². The first kappa shape index (κ1) is 11.9. The lowest BCUT2D eigenvalue weighted by molar-refractivity contribution is -0.117. The van der Waals surface area contributed by atoms with Gasteiger partial charge in [0.1, 0.15) is 5.76 Å². The molecule has 0 amide bonds. The molecule has 0 aromatic carbocycles. The van der Waals surface area contributed by atoms with Gasteiger partial charge in [-0.05, 0) is 30.9 Å². The van der Waals surface area contributed by atoms with E-state index in [1.165, 1.54) is 0 Å². The second-order valence-corrected chi connectivity index (χ2v) is 4.61. The zero-order valence-corrected chi connectivity index (χ0v) is 10.3. The second kappa shape index (κ2) is 5.17. The van der Waals surface area contributed by atoms with E-state index in [0.717, 1.165) is 24.2 Å². The first-order valence-electron chi connectivity index (χ1n) is 6.05. The first-order chi connectivity index (χ1) is 8.20. The highest BCUT2D eigenvalue weighted by atomic mass is 16.5. The van der Waals surface area contributed by atoms with Crippen molar-refractivity contribution in [1.29, 1.82) is 0 Å². The van der Waals surface area contributed by atoms with Gasteiger partial charge in [-0.15, -0.1) is 0 Å². The van der Waals surface area contributed by atoms with Crippen molar-refractivity contribution in [3.63, 3.8) is 0 Å². The van der Waals surface area contributed by atoms with E-state index in [1.54, 1.807) is 7.11 Å². The summed E-state index contributed by atoms with van der Waals surface area (Å²) in [6, 6.07) is 0. The van der Waals surface area contributed by atoms with Gasteiger partial charge in [0, 0.05) is 11.5 Å². The molecule has 17 heavy (non-hydrogen) atoms. The fourth-order valence-electron chi connectivity index (χ4n) is 2.07. The molecule has 0 saturated carbocycles. The number of hydrogen-bond acceptors (Lipinski definition) is 2. The van der Waals surface area contributed by atoms with Crippen molar-refractivity contribution < 1.29 is 9.53 Å². The van der Waals surface area contributed by atoms with E-state index in [4.69, 9.17) is 4.74 Å². The zero-order valence-electron chi connectivity index (χ0n) is 10.3. The molecule has 0 aromatic rings. The van der Waals surface area contributed by atoms with Gasteiger partial charge in [-0.3, -0.25) is 4.79 Å². The molecule has 0 fully saturated rings. The van der Waals surface area contributed by atoms with Crippen LogP contribution in [0.2, 0.25) is 0 Å². The van der Waals surface area contributed by atoms with Gasteiger partial charge in [0.25, 0.3) is 0 Å². The van der Waals surface area contributed by atoms with Crippen LogP contribution in [0.15, 0.2) is 47.8 Å². The Labute approximate surface area is 102 Å². The number of carbonyl (C=O) groups is 1. The van der Waals surface area contributed by atoms with Crippen molar-refractivity contribution in [2.24, 2.45) is 11.8 Å². The van der Waals surface area contributed by atoms with Gasteiger partial charge < -0.3 is 4.74 Å². The third kappa shape index (κ3) is 2.76. The number of carbonyl (C=O) groups excluding carboxylic acids is 1. The van der Waals surface area contributed by atoms with Crippen LogP contribution in [-0.4, -0.2) is 12.9 Å². The number of allylic oxidation sites excluding steroid dienone is 7. The average Bonchev–Trinajstić information content (AvgIpc) is 2.39. The number of ether oxygens (including phenoxy) is 1. The van der Waals surface area contributed by atoms with E-state index >= 15 is 0 Å². The number of Topliss-reactive ketones (excluding diaryl/α,β-unsaturated/α-hetero) is 1. The molecule has 90 valence electrons. The topological polar surface area (TPSA) is 26.3 Å². The molecule has 0 radical (unpaired) electrons. The quantitative estimate of drug-likeness (QED) is 0.744. The molecule has 0 heterocycles. The zero-order chi connectivity index (χ0) is 12.3. The fraction of sp³-hybridized carbons (Fsp3) is 0.400. The summed E-state index contributed by atoms with van der Waals surface area (Å²) in [5, 5.41) is 0. The molecular weight excluding hydrogens is 212 g/mol. The molecule has 2 atom stereocenters.